The molecule has 0 amide bonds. The molecule has 1 heterocycles. The van der Waals surface area contributed by atoms with Crippen LogP contribution in [-0.4, -0.2) is 55.1 Å². The molecule has 5 heteroatoms. The van der Waals surface area contributed by atoms with Crippen LogP contribution in [0.25, 0.3) is 0 Å². The molecule has 1 N–H and O–H groups in total. The minimum atomic E-state index is -0.527. The fourth-order valence-electron chi connectivity index (χ4n) is 3.63. The Balaban J connectivity index is 1.67. The summed E-state index contributed by atoms with van der Waals surface area (Å²) in [5.41, 5.74) is 0.870. The molecule has 1 saturated carbocycles. The lowest BCUT2D eigenvalue weighted by Crippen LogP contribution is -2.55. The number of fused-ring (bicyclic) bond motifs is 1. The molecule has 2 fully saturated rings. The first-order chi connectivity index (χ1) is 10.7. The maximum atomic E-state index is 10.5. The Bertz CT molecular complexity index is 499. The van der Waals surface area contributed by atoms with Gasteiger partial charge in [-0.25, -0.2) is 0 Å². The number of morpholine rings is 1. The van der Waals surface area contributed by atoms with E-state index in [0.717, 1.165) is 38.0 Å². The van der Waals surface area contributed by atoms with Gasteiger partial charge in [0.05, 0.1) is 24.9 Å². The van der Waals surface area contributed by atoms with E-state index >= 15 is 0 Å². The Morgan fingerprint density at radius 3 is 3.09 bits per heavy atom. The summed E-state index contributed by atoms with van der Waals surface area (Å²) in [7, 11) is 1.78. The van der Waals surface area contributed by atoms with E-state index in [4.69, 9.17) is 21.1 Å². The summed E-state index contributed by atoms with van der Waals surface area (Å²) in [4.78, 5) is 2.35. The van der Waals surface area contributed by atoms with Crippen LogP contribution in [0.4, 0.5) is 0 Å². The van der Waals surface area contributed by atoms with Gasteiger partial charge >= 0.3 is 0 Å². The van der Waals surface area contributed by atoms with Gasteiger partial charge in [-0.3, -0.25) is 4.90 Å². The number of benzene rings is 1. The second kappa shape index (κ2) is 7.28. The van der Waals surface area contributed by atoms with E-state index in [9.17, 15) is 5.11 Å². The average Bonchev–Trinajstić information content (AvgIpc) is 2.54. The minimum Gasteiger partial charge on any atom is -0.387 e. The highest BCUT2D eigenvalue weighted by Crippen LogP contribution is 2.31. The van der Waals surface area contributed by atoms with Crippen molar-refractivity contribution in [3.8, 4) is 0 Å². The summed E-state index contributed by atoms with van der Waals surface area (Å²) < 4.78 is 11.4. The van der Waals surface area contributed by atoms with Crippen LogP contribution in [-0.2, 0) is 9.47 Å². The minimum absolute atomic E-state index is 0.270. The highest BCUT2D eigenvalue weighted by atomic mass is 35.5. The van der Waals surface area contributed by atoms with E-state index in [1.807, 2.05) is 24.3 Å². The Morgan fingerprint density at radius 2 is 2.32 bits per heavy atom. The smallest absolute Gasteiger partial charge is 0.0917 e. The van der Waals surface area contributed by atoms with Gasteiger partial charge in [0, 0.05) is 31.3 Å². The molecule has 4 nitrogen and oxygen atoms in total. The van der Waals surface area contributed by atoms with Gasteiger partial charge < -0.3 is 14.6 Å². The molecule has 1 aliphatic carbocycles. The molecule has 1 aliphatic heterocycles. The number of rotatable bonds is 4. The molecular weight excluding hydrogens is 302 g/mol. The van der Waals surface area contributed by atoms with Crippen LogP contribution >= 0.6 is 11.6 Å². The number of hydrogen-bond donors (Lipinski definition) is 1. The summed E-state index contributed by atoms with van der Waals surface area (Å²) >= 11 is 6.02. The standard InChI is InChI=1S/C17H24ClNO3/c1-21-14-5-6-17-15(10-14)19(7-8-22-17)11-16(20)12-3-2-4-13(18)9-12/h2-4,9,14-17,20H,5-8,10-11H2,1H3/t14-,15+,16-,17-/m0/s1. The van der Waals surface area contributed by atoms with E-state index in [2.05, 4.69) is 4.90 Å². The van der Waals surface area contributed by atoms with Crippen molar-refractivity contribution < 1.29 is 14.6 Å². The Hall–Kier alpha value is -0.650. The van der Waals surface area contributed by atoms with Crippen molar-refractivity contribution in [2.45, 2.75) is 43.6 Å². The molecule has 1 aromatic carbocycles. The number of aliphatic hydroxyl groups is 1. The van der Waals surface area contributed by atoms with Crippen molar-refractivity contribution in [2.75, 3.05) is 26.8 Å². The second-order valence-corrected chi connectivity index (χ2v) is 6.65. The van der Waals surface area contributed by atoms with Crippen molar-refractivity contribution in [3.63, 3.8) is 0 Å². The average molecular weight is 326 g/mol. The molecule has 0 aromatic heterocycles. The summed E-state index contributed by atoms with van der Waals surface area (Å²) in [5, 5.41) is 11.2. The van der Waals surface area contributed by atoms with E-state index in [-0.39, 0.29) is 6.10 Å². The first kappa shape index (κ1) is 16.2. The zero-order valence-corrected chi connectivity index (χ0v) is 13.7. The highest BCUT2D eigenvalue weighted by Gasteiger charge is 2.38. The first-order valence-corrected chi connectivity index (χ1v) is 8.37. The molecule has 2 aliphatic rings. The molecule has 0 bridgehead atoms. The molecule has 22 heavy (non-hydrogen) atoms. The van der Waals surface area contributed by atoms with E-state index in [1.165, 1.54) is 0 Å². The number of ether oxygens (including phenoxy) is 2. The lowest BCUT2D eigenvalue weighted by molar-refractivity contribution is -0.120. The molecule has 0 unspecified atom stereocenters. The fourth-order valence-corrected chi connectivity index (χ4v) is 3.83. The zero-order chi connectivity index (χ0) is 15.5. The lowest BCUT2D eigenvalue weighted by atomic mass is 9.87. The lowest BCUT2D eigenvalue weighted by Gasteiger charge is -2.46. The van der Waals surface area contributed by atoms with Gasteiger partial charge in [-0.15, -0.1) is 0 Å². The van der Waals surface area contributed by atoms with Gasteiger partial charge in [0.15, 0.2) is 0 Å². The third kappa shape index (κ3) is 3.63. The molecular formula is C17H24ClNO3. The van der Waals surface area contributed by atoms with Crippen molar-refractivity contribution in [1.82, 2.24) is 4.90 Å². The largest absolute Gasteiger partial charge is 0.387 e. The summed E-state index contributed by atoms with van der Waals surface area (Å²) in [6.45, 7) is 2.21. The zero-order valence-electron chi connectivity index (χ0n) is 13.0. The van der Waals surface area contributed by atoms with E-state index in [0.29, 0.717) is 23.7 Å². The van der Waals surface area contributed by atoms with Gasteiger partial charge in [0.1, 0.15) is 0 Å². The Kier molecular flexibility index (Phi) is 5.37. The number of hydrogen-bond acceptors (Lipinski definition) is 4. The summed E-state index contributed by atoms with van der Waals surface area (Å²) in [6, 6.07) is 7.80. The maximum absolute atomic E-state index is 10.5. The van der Waals surface area contributed by atoms with E-state index in [1.54, 1.807) is 7.11 Å². The van der Waals surface area contributed by atoms with Crippen molar-refractivity contribution in [3.05, 3.63) is 34.9 Å². The Labute approximate surface area is 137 Å². The van der Waals surface area contributed by atoms with E-state index < -0.39 is 6.10 Å². The molecule has 0 spiro atoms. The first-order valence-electron chi connectivity index (χ1n) is 7.99. The molecule has 0 radical (unpaired) electrons. The number of β-amino-alcohol motifs (C(OH)–C–C–N with tert-alkyl or cyclic N) is 1. The molecule has 122 valence electrons. The van der Waals surface area contributed by atoms with Crippen LogP contribution in [0.1, 0.15) is 30.9 Å². The third-order valence-electron chi connectivity index (χ3n) is 4.86. The van der Waals surface area contributed by atoms with Gasteiger partial charge in [0.2, 0.25) is 0 Å². The molecule has 1 aromatic rings. The topological polar surface area (TPSA) is 41.9 Å². The van der Waals surface area contributed by atoms with Crippen LogP contribution in [0.15, 0.2) is 24.3 Å². The van der Waals surface area contributed by atoms with Gasteiger partial charge in [0.25, 0.3) is 0 Å². The number of methoxy groups -OCH3 is 1. The second-order valence-electron chi connectivity index (χ2n) is 6.21. The number of aliphatic hydroxyl groups excluding tert-OH is 1. The van der Waals surface area contributed by atoms with Crippen LogP contribution < -0.4 is 0 Å². The molecule has 1 saturated heterocycles. The Morgan fingerprint density at radius 1 is 1.45 bits per heavy atom. The predicted molar refractivity (Wildman–Crippen MR) is 86.2 cm³/mol. The van der Waals surface area contributed by atoms with Crippen molar-refractivity contribution in [1.29, 1.82) is 0 Å². The quantitative estimate of drug-likeness (QED) is 0.924. The van der Waals surface area contributed by atoms with Crippen molar-refractivity contribution in [2.24, 2.45) is 0 Å². The van der Waals surface area contributed by atoms with Crippen molar-refractivity contribution >= 4 is 11.6 Å². The summed E-state index contributed by atoms with van der Waals surface area (Å²) in [5.74, 6) is 0. The number of nitrogens with zero attached hydrogens (tertiary/aromatic N) is 1. The third-order valence-corrected chi connectivity index (χ3v) is 5.10. The number of halogens is 1. The SMILES string of the molecule is CO[C@H]1CC[C@@H]2OCCN(C[C@H](O)c3cccc(Cl)c3)[C@@H]2C1. The normalized spacial score (nSPS) is 30.8. The maximum Gasteiger partial charge on any atom is 0.0917 e. The fraction of sp³-hybridized carbons (Fsp3) is 0.647. The van der Waals surface area contributed by atoms with Crippen LogP contribution in [0.2, 0.25) is 5.02 Å². The van der Waals surface area contributed by atoms with Gasteiger partial charge in [-0.1, -0.05) is 23.7 Å². The highest BCUT2D eigenvalue weighted by molar-refractivity contribution is 6.30. The monoisotopic (exact) mass is 325 g/mol. The van der Waals surface area contributed by atoms with Crippen LogP contribution in [0.5, 0.6) is 0 Å². The van der Waals surface area contributed by atoms with Crippen LogP contribution in [0, 0.1) is 0 Å². The molecule has 4 atom stereocenters. The summed E-state index contributed by atoms with van der Waals surface area (Å²) in [6.07, 6.45) is 3.11. The predicted octanol–water partition coefficient (Wildman–Crippen LogP) is 2.64. The van der Waals surface area contributed by atoms with Gasteiger partial charge in [-0.2, -0.15) is 0 Å². The van der Waals surface area contributed by atoms with Crippen LogP contribution in [0.3, 0.4) is 0 Å². The molecule has 3 rings (SSSR count). The van der Waals surface area contributed by atoms with Gasteiger partial charge in [-0.05, 0) is 37.0 Å².